The Morgan fingerprint density at radius 2 is 1.78 bits per heavy atom. The van der Waals surface area contributed by atoms with Crippen molar-refractivity contribution >= 4 is 27.4 Å². The van der Waals surface area contributed by atoms with Crippen molar-refractivity contribution in [1.29, 1.82) is 0 Å². The van der Waals surface area contributed by atoms with Crippen LogP contribution in [0.3, 0.4) is 0 Å². The lowest BCUT2D eigenvalue weighted by molar-refractivity contribution is 0.588. The van der Waals surface area contributed by atoms with E-state index < -0.39 is 10.0 Å². The summed E-state index contributed by atoms with van der Waals surface area (Å²) in [6.07, 6.45) is 4.44. The Kier molecular flexibility index (Phi) is 4.19. The van der Waals surface area contributed by atoms with Crippen LogP contribution in [0.4, 0.5) is 0 Å². The van der Waals surface area contributed by atoms with E-state index in [0.717, 1.165) is 12.8 Å². The summed E-state index contributed by atoms with van der Waals surface area (Å²) in [5.74, 6) is 0. The zero-order chi connectivity index (χ0) is 13.0. The van der Waals surface area contributed by atoms with E-state index in [9.17, 15) is 8.42 Å². The minimum atomic E-state index is -3.55. The van der Waals surface area contributed by atoms with Gasteiger partial charge in [-0.15, -0.1) is 0 Å². The minimum absolute atomic E-state index is 0.186. The molecule has 0 unspecified atom stereocenters. The van der Waals surface area contributed by atoms with Crippen LogP contribution in [-0.4, -0.2) is 19.6 Å². The fourth-order valence-electron chi connectivity index (χ4n) is 2.07. The average Bonchev–Trinajstić information content (AvgIpc) is 2.82. The summed E-state index contributed by atoms with van der Waals surface area (Å²) in [7, 11) is -3.55. The van der Waals surface area contributed by atoms with E-state index in [1.165, 1.54) is 12.8 Å². The number of sulfonamides is 1. The fourth-order valence-corrected chi connectivity index (χ4v) is 3.50. The van der Waals surface area contributed by atoms with Crippen molar-refractivity contribution < 1.29 is 8.42 Å². The zero-order valence-corrected chi connectivity index (χ0v) is 11.6. The molecule has 18 heavy (non-hydrogen) atoms. The Hall–Kier alpha value is -1.14. The Bertz CT molecular complexity index is 508. The smallest absolute Gasteiger partial charge is 0.263 e. The first-order valence-electron chi connectivity index (χ1n) is 5.96. The van der Waals surface area contributed by atoms with Crippen molar-refractivity contribution in [3.63, 3.8) is 0 Å². The number of thiocarbonyl (C=S) groups is 1. The highest BCUT2D eigenvalue weighted by Gasteiger charge is 2.19. The molecular weight excluding hydrogens is 268 g/mol. The first-order chi connectivity index (χ1) is 8.58. The third-order valence-electron chi connectivity index (χ3n) is 2.97. The molecule has 1 fully saturated rings. The lowest BCUT2D eigenvalue weighted by Crippen LogP contribution is -2.43. The van der Waals surface area contributed by atoms with Crippen LogP contribution in [0.25, 0.3) is 0 Å². The van der Waals surface area contributed by atoms with Crippen LogP contribution in [-0.2, 0) is 10.0 Å². The molecule has 1 aromatic rings. The van der Waals surface area contributed by atoms with Gasteiger partial charge in [0.15, 0.2) is 5.11 Å². The third kappa shape index (κ3) is 3.43. The van der Waals surface area contributed by atoms with Gasteiger partial charge in [0.2, 0.25) is 0 Å². The van der Waals surface area contributed by atoms with Crippen LogP contribution >= 0.6 is 12.2 Å². The molecule has 0 atom stereocenters. The molecule has 4 nitrogen and oxygen atoms in total. The zero-order valence-electron chi connectivity index (χ0n) is 9.93. The number of rotatable bonds is 3. The van der Waals surface area contributed by atoms with Crippen LogP contribution in [0.1, 0.15) is 25.7 Å². The summed E-state index contributed by atoms with van der Waals surface area (Å²) in [5, 5.41) is 3.23. The van der Waals surface area contributed by atoms with Crippen molar-refractivity contribution in [2.75, 3.05) is 0 Å². The van der Waals surface area contributed by atoms with Gasteiger partial charge in [0.05, 0.1) is 4.90 Å². The second kappa shape index (κ2) is 5.67. The molecule has 0 saturated heterocycles. The maximum absolute atomic E-state index is 12.0. The minimum Gasteiger partial charge on any atom is -0.359 e. The second-order valence-electron chi connectivity index (χ2n) is 4.37. The van der Waals surface area contributed by atoms with E-state index >= 15 is 0 Å². The van der Waals surface area contributed by atoms with E-state index in [1.54, 1.807) is 30.3 Å². The number of hydrogen-bond acceptors (Lipinski definition) is 3. The molecule has 0 bridgehead atoms. The Morgan fingerprint density at radius 3 is 2.39 bits per heavy atom. The molecule has 1 saturated carbocycles. The van der Waals surface area contributed by atoms with Crippen molar-refractivity contribution in [2.24, 2.45) is 0 Å². The van der Waals surface area contributed by atoms with Gasteiger partial charge in [-0.2, -0.15) is 0 Å². The Morgan fingerprint density at radius 1 is 1.17 bits per heavy atom. The lowest BCUT2D eigenvalue weighted by atomic mass is 10.3. The van der Waals surface area contributed by atoms with Crippen LogP contribution in [0.2, 0.25) is 0 Å². The van der Waals surface area contributed by atoms with E-state index in [0.29, 0.717) is 6.04 Å². The van der Waals surface area contributed by atoms with Crippen molar-refractivity contribution in [3.05, 3.63) is 30.3 Å². The quantitative estimate of drug-likeness (QED) is 0.831. The van der Waals surface area contributed by atoms with Gasteiger partial charge < -0.3 is 5.32 Å². The van der Waals surface area contributed by atoms with Gasteiger partial charge in [-0.05, 0) is 37.2 Å². The van der Waals surface area contributed by atoms with Crippen molar-refractivity contribution in [2.45, 2.75) is 36.6 Å². The summed E-state index contributed by atoms with van der Waals surface area (Å²) in [6.45, 7) is 0. The van der Waals surface area contributed by atoms with Gasteiger partial charge in [-0.25, -0.2) is 8.42 Å². The van der Waals surface area contributed by atoms with Gasteiger partial charge in [0.1, 0.15) is 0 Å². The third-order valence-corrected chi connectivity index (χ3v) is 4.69. The highest BCUT2D eigenvalue weighted by molar-refractivity contribution is 7.91. The lowest BCUT2D eigenvalue weighted by Gasteiger charge is -2.15. The van der Waals surface area contributed by atoms with Crippen molar-refractivity contribution in [3.8, 4) is 0 Å². The summed E-state index contributed by atoms with van der Waals surface area (Å²) >= 11 is 5.04. The highest BCUT2D eigenvalue weighted by atomic mass is 32.2. The van der Waals surface area contributed by atoms with Gasteiger partial charge >= 0.3 is 0 Å². The summed E-state index contributed by atoms with van der Waals surface area (Å²) in [6, 6.07) is 8.52. The molecule has 0 aromatic heterocycles. The van der Waals surface area contributed by atoms with E-state index in [-0.39, 0.29) is 10.0 Å². The molecule has 1 aromatic carbocycles. The van der Waals surface area contributed by atoms with Crippen molar-refractivity contribution in [1.82, 2.24) is 10.0 Å². The van der Waals surface area contributed by atoms with Crippen LogP contribution < -0.4 is 10.0 Å². The number of benzene rings is 1. The first-order valence-corrected chi connectivity index (χ1v) is 7.85. The second-order valence-corrected chi connectivity index (χ2v) is 6.46. The molecule has 1 aliphatic carbocycles. The molecule has 6 heteroatoms. The fraction of sp³-hybridized carbons (Fsp3) is 0.417. The van der Waals surface area contributed by atoms with Gasteiger partial charge in [-0.1, -0.05) is 31.0 Å². The molecule has 1 aliphatic rings. The van der Waals surface area contributed by atoms with Crippen LogP contribution in [0.15, 0.2) is 35.2 Å². The van der Waals surface area contributed by atoms with E-state index in [2.05, 4.69) is 10.0 Å². The molecule has 2 N–H and O–H groups in total. The monoisotopic (exact) mass is 284 g/mol. The Balaban J connectivity index is 1.98. The molecular formula is C12H16N2O2S2. The normalized spacial score (nSPS) is 16.4. The van der Waals surface area contributed by atoms with Crippen LogP contribution in [0.5, 0.6) is 0 Å². The predicted octanol–water partition coefficient (Wildman–Crippen LogP) is 1.78. The SMILES string of the molecule is O=S(=O)(NC(=S)NC1CCCC1)c1ccccc1. The maximum atomic E-state index is 12.0. The van der Waals surface area contributed by atoms with Gasteiger partial charge in [0, 0.05) is 6.04 Å². The number of nitrogens with one attached hydrogen (secondary N) is 2. The standard InChI is InChI=1S/C12H16N2O2S2/c15-18(16,11-8-2-1-3-9-11)14-12(17)13-10-6-4-5-7-10/h1-3,8-10H,4-7H2,(H2,13,14,17). The van der Waals surface area contributed by atoms with E-state index in [1.807, 2.05) is 0 Å². The summed E-state index contributed by atoms with van der Waals surface area (Å²) in [4.78, 5) is 0.223. The first kappa shape index (κ1) is 13.3. The molecule has 0 spiro atoms. The molecule has 0 heterocycles. The maximum Gasteiger partial charge on any atom is 0.263 e. The average molecular weight is 284 g/mol. The van der Waals surface area contributed by atoms with Crippen LogP contribution in [0, 0.1) is 0 Å². The molecule has 2 rings (SSSR count). The van der Waals surface area contributed by atoms with Gasteiger partial charge in [-0.3, -0.25) is 4.72 Å². The highest BCUT2D eigenvalue weighted by Crippen LogP contribution is 2.17. The Labute approximate surface area is 113 Å². The topological polar surface area (TPSA) is 58.2 Å². The largest absolute Gasteiger partial charge is 0.359 e. The molecule has 0 radical (unpaired) electrons. The van der Waals surface area contributed by atoms with Gasteiger partial charge in [0.25, 0.3) is 10.0 Å². The molecule has 0 amide bonds. The molecule has 0 aliphatic heterocycles. The summed E-state index contributed by atoms with van der Waals surface area (Å²) in [5.41, 5.74) is 0. The number of hydrogen-bond donors (Lipinski definition) is 2. The predicted molar refractivity (Wildman–Crippen MR) is 74.8 cm³/mol. The summed E-state index contributed by atoms with van der Waals surface area (Å²) < 4.78 is 26.3. The molecule has 98 valence electrons. The van der Waals surface area contributed by atoms with E-state index in [4.69, 9.17) is 12.2 Å².